The minimum absolute atomic E-state index is 0.0384. The van der Waals surface area contributed by atoms with Crippen LogP contribution in [-0.2, 0) is 9.53 Å². The van der Waals surface area contributed by atoms with Crippen LogP contribution in [0.2, 0.25) is 0 Å². The first kappa shape index (κ1) is 15.0. The first-order valence-electron chi connectivity index (χ1n) is 6.18. The molecule has 0 saturated heterocycles. The fraction of sp³-hybridized carbons (Fsp3) is 0.188. The summed E-state index contributed by atoms with van der Waals surface area (Å²) in [5.74, 6) is 0.609. The first-order valence-corrected chi connectivity index (χ1v) is 7.26. The maximum atomic E-state index is 11.3. The molecule has 0 spiro atoms. The second-order valence-corrected chi connectivity index (χ2v) is 5.54. The van der Waals surface area contributed by atoms with Crippen molar-refractivity contribution in [1.82, 2.24) is 0 Å². The van der Waals surface area contributed by atoms with Crippen LogP contribution in [-0.4, -0.2) is 26.1 Å². The number of hydrogen-bond donors (Lipinski definition) is 0. The lowest BCUT2D eigenvalue weighted by Crippen LogP contribution is -2.16. The van der Waals surface area contributed by atoms with Gasteiger partial charge in [-0.1, -0.05) is 24.3 Å². The van der Waals surface area contributed by atoms with E-state index in [-0.39, 0.29) is 19.0 Å². The molecule has 0 heterocycles. The number of hydrogen-bond acceptors (Lipinski definition) is 3. The summed E-state index contributed by atoms with van der Waals surface area (Å²) >= 11 is 2.28. The van der Waals surface area contributed by atoms with Crippen molar-refractivity contribution < 1.29 is 14.3 Å². The smallest absolute Gasteiger partial charge is 0.195 e. The van der Waals surface area contributed by atoms with Gasteiger partial charge in [0.25, 0.3) is 0 Å². The molecule has 3 nitrogen and oxygen atoms in total. The lowest BCUT2D eigenvalue weighted by atomic mass is 10.1. The summed E-state index contributed by atoms with van der Waals surface area (Å²) in [4.78, 5) is 11.3. The normalized spacial score (nSPS) is 10.3. The molecule has 0 atom stereocenters. The molecule has 2 rings (SSSR count). The number of Topliss-reactive ketones (excluding diaryl/α,β-unsaturated/α-hetero) is 1. The van der Waals surface area contributed by atoms with E-state index in [4.69, 9.17) is 9.47 Å². The van der Waals surface area contributed by atoms with Crippen LogP contribution in [0.3, 0.4) is 0 Å². The van der Waals surface area contributed by atoms with Gasteiger partial charge in [0.15, 0.2) is 5.78 Å². The van der Waals surface area contributed by atoms with Gasteiger partial charge in [0.05, 0.1) is 0 Å². The maximum absolute atomic E-state index is 11.3. The average Bonchev–Trinajstić information content (AvgIpc) is 2.47. The largest absolute Gasteiger partial charge is 0.486 e. The number of halogens is 1. The SMILES string of the molecule is COCC(=O)COc1ccc(-c2ccc(I)cc2)cc1. The third-order valence-electron chi connectivity index (χ3n) is 2.74. The Morgan fingerprint density at radius 1 is 0.950 bits per heavy atom. The molecule has 104 valence electrons. The second kappa shape index (κ2) is 7.40. The highest BCUT2D eigenvalue weighted by atomic mass is 127. The molecule has 20 heavy (non-hydrogen) atoms. The van der Waals surface area contributed by atoms with E-state index in [9.17, 15) is 4.79 Å². The molecule has 2 aromatic carbocycles. The number of methoxy groups -OCH3 is 1. The summed E-state index contributed by atoms with van der Waals surface area (Å²) in [6, 6.07) is 16.0. The molecule has 0 aliphatic carbocycles. The van der Waals surface area contributed by atoms with E-state index in [1.165, 1.54) is 10.7 Å². The Hall–Kier alpha value is -1.40. The minimum Gasteiger partial charge on any atom is -0.486 e. The number of ketones is 1. The number of carbonyl (C=O) groups is 1. The molecule has 0 N–H and O–H groups in total. The van der Waals surface area contributed by atoms with Crippen molar-refractivity contribution in [3.05, 3.63) is 52.1 Å². The molecule has 0 amide bonds. The fourth-order valence-electron chi connectivity index (χ4n) is 1.75. The molecule has 0 aromatic heterocycles. The van der Waals surface area contributed by atoms with Crippen molar-refractivity contribution >= 4 is 28.4 Å². The summed E-state index contributed by atoms with van der Waals surface area (Å²) in [5.41, 5.74) is 2.28. The molecule has 0 radical (unpaired) electrons. The van der Waals surface area contributed by atoms with Gasteiger partial charge in [0, 0.05) is 10.7 Å². The summed E-state index contributed by atoms with van der Waals surface area (Å²) in [7, 11) is 1.49. The van der Waals surface area contributed by atoms with Gasteiger partial charge in [-0.2, -0.15) is 0 Å². The minimum atomic E-state index is -0.0748. The van der Waals surface area contributed by atoms with Crippen LogP contribution in [0, 0.1) is 3.57 Å². The van der Waals surface area contributed by atoms with Crippen LogP contribution in [0.15, 0.2) is 48.5 Å². The van der Waals surface area contributed by atoms with Gasteiger partial charge in [0.1, 0.15) is 19.0 Å². The number of carbonyl (C=O) groups excluding carboxylic acids is 1. The van der Waals surface area contributed by atoms with E-state index < -0.39 is 0 Å². The molecule has 0 fully saturated rings. The standard InChI is InChI=1S/C16H15IO3/c1-19-10-15(18)11-20-16-8-4-13(5-9-16)12-2-6-14(17)7-3-12/h2-9H,10-11H2,1H3. The Labute approximate surface area is 132 Å². The van der Waals surface area contributed by atoms with E-state index in [2.05, 4.69) is 46.9 Å². The van der Waals surface area contributed by atoms with Crippen molar-refractivity contribution in [2.75, 3.05) is 20.3 Å². The maximum Gasteiger partial charge on any atom is 0.195 e. The molecule has 0 aliphatic rings. The van der Waals surface area contributed by atoms with Crippen LogP contribution in [0.5, 0.6) is 5.75 Å². The predicted octanol–water partition coefficient (Wildman–Crippen LogP) is 3.55. The van der Waals surface area contributed by atoms with E-state index in [1.54, 1.807) is 0 Å². The van der Waals surface area contributed by atoms with E-state index >= 15 is 0 Å². The predicted molar refractivity (Wildman–Crippen MR) is 87.0 cm³/mol. The lowest BCUT2D eigenvalue weighted by molar-refractivity contribution is -0.124. The van der Waals surface area contributed by atoms with Crippen LogP contribution >= 0.6 is 22.6 Å². The summed E-state index contributed by atoms with van der Waals surface area (Å²) < 4.78 is 11.4. The van der Waals surface area contributed by atoms with Crippen LogP contribution in [0.4, 0.5) is 0 Å². The number of rotatable bonds is 6. The second-order valence-electron chi connectivity index (χ2n) is 4.29. The quantitative estimate of drug-likeness (QED) is 0.717. The van der Waals surface area contributed by atoms with E-state index in [0.717, 1.165) is 11.1 Å². The third kappa shape index (κ3) is 4.31. The molecule has 0 unspecified atom stereocenters. The molecule has 0 saturated carbocycles. The highest BCUT2D eigenvalue weighted by Gasteiger charge is 2.03. The van der Waals surface area contributed by atoms with Crippen LogP contribution in [0.1, 0.15) is 0 Å². The lowest BCUT2D eigenvalue weighted by Gasteiger charge is -2.07. The Morgan fingerprint density at radius 2 is 1.50 bits per heavy atom. The highest BCUT2D eigenvalue weighted by Crippen LogP contribution is 2.23. The topological polar surface area (TPSA) is 35.5 Å². The van der Waals surface area contributed by atoms with Gasteiger partial charge in [-0.25, -0.2) is 0 Å². The average molecular weight is 382 g/mol. The van der Waals surface area contributed by atoms with Gasteiger partial charge < -0.3 is 9.47 Å². The van der Waals surface area contributed by atoms with Crippen molar-refractivity contribution in [3.8, 4) is 16.9 Å². The molecule has 2 aromatic rings. The van der Waals surface area contributed by atoms with Crippen molar-refractivity contribution in [3.63, 3.8) is 0 Å². The highest BCUT2D eigenvalue weighted by molar-refractivity contribution is 14.1. The van der Waals surface area contributed by atoms with Gasteiger partial charge >= 0.3 is 0 Å². The van der Waals surface area contributed by atoms with E-state index in [0.29, 0.717) is 5.75 Å². The van der Waals surface area contributed by atoms with Gasteiger partial charge in [-0.3, -0.25) is 4.79 Å². The van der Waals surface area contributed by atoms with Crippen molar-refractivity contribution in [2.24, 2.45) is 0 Å². The molecular weight excluding hydrogens is 367 g/mol. The van der Waals surface area contributed by atoms with E-state index in [1.807, 2.05) is 24.3 Å². The number of ether oxygens (including phenoxy) is 2. The van der Waals surface area contributed by atoms with Crippen LogP contribution < -0.4 is 4.74 Å². The van der Waals surface area contributed by atoms with Crippen LogP contribution in [0.25, 0.3) is 11.1 Å². The molecule has 4 heteroatoms. The van der Waals surface area contributed by atoms with Gasteiger partial charge in [0.2, 0.25) is 0 Å². The number of benzene rings is 2. The molecule has 0 aliphatic heterocycles. The third-order valence-corrected chi connectivity index (χ3v) is 3.46. The van der Waals surface area contributed by atoms with Crippen molar-refractivity contribution in [1.29, 1.82) is 0 Å². The fourth-order valence-corrected chi connectivity index (χ4v) is 2.11. The molecule has 0 bridgehead atoms. The van der Waals surface area contributed by atoms with Gasteiger partial charge in [-0.15, -0.1) is 0 Å². The Morgan fingerprint density at radius 3 is 2.05 bits per heavy atom. The van der Waals surface area contributed by atoms with Crippen molar-refractivity contribution in [2.45, 2.75) is 0 Å². The summed E-state index contributed by atoms with van der Waals surface area (Å²) in [6.07, 6.45) is 0. The zero-order valence-corrected chi connectivity index (χ0v) is 13.3. The summed E-state index contributed by atoms with van der Waals surface area (Å²) in [5, 5.41) is 0. The Bertz CT molecular complexity index is 561. The zero-order chi connectivity index (χ0) is 14.4. The van der Waals surface area contributed by atoms with Gasteiger partial charge in [-0.05, 0) is 58.0 Å². The zero-order valence-electron chi connectivity index (χ0n) is 11.1. The Balaban J connectivity index is 1.99. The first-order chi connectivity index (χ1) is 9.69. The summed E-state index contributed by atoms with van der Waals surface area (Å²) in [6.45, 7) is 0.122. The monoisotopic (exact) mass is 382 g/mol. The Kier molecular flexibility index (Phi) is 5.55. The molecular formula is C16H15IO3.